The smallest absolute Gasteiger partial charge is 0.334 e. The highest BCUT2D eigenvalue weighted by Crippen LogP contribution is 2.35. The summed E-state index contributed by atoms with van der Waals surface area (Å²) >= 11 is 6.25. The third-order valence-electron chi connectivity index (χ3n) is 5.01. The van der Waals surface area contributed by atoms with Gasteiger partial charge in [-0.3, -0.25) is 4.72 Å². The number of benzene rings is 2. The van der Waals surface area contributed by atoms with Crippen molar-refractivity contribution in [2.24, 2.45) is 7.05 Å². The summed E-state index contributed by atoms with van der Waals surface area (Å²) in [6.07, 6.45) is 1.89. The molecule has 3 N–H and O–H groups in total. The predicted octanol–water partition coefficient (Wildman–Crippen LogP) is 5.56. The summed E-state index contributed by atoms with van der Waals surface area (Å²) in [4.78, 5) is 12.6. The number of urea groups is 1. The molecule has 0 spiro atoms. The van der Waals surface area contributed by atoms with Crippen molar-refractivity contribution < 1.29 is 13.2 Å². The fourth-order valence-electron chi connectivity index (χ4n) is 3.49. The molecule has 9 heteroatoms. The largest absolute Gasteiger partial charge is 0.351 e. The molecule has 3 rings (SSSR count). The first-order valence-corrected chi connectivity index (χ1v) is 11.8. The minimum Gasteiger partial charge on any atom is -0.351 e. The molecule has 3 aromatic rings. The second-order valence-electron chi connectivity index (χ2n) is 8.13. The van der Waals surface area contributed by atoms with Gasteiger partial charge in [0.2, 0.25) is 0 Å². The molecule has 166 valence electrons. The van der Waals surface area contributed by atoms with Crippen molar-refractivity contribution in [2.75, 3.05) is 10.0 Å². The number of anilines is 2. The van der Waals surface area contributed by atoms with Crippen LogP contribution in [0.4, 0.5) is 16.2 Å². The van der Waals surface area contributed by atoms with Gasteiger partial charge in [-0.15, -0.1) is 0 Å². The highest BCUT2D eigenvalue weighted by atomic mass is 35.5. The summed E-state index contributed by atoms with van der Waals surface area (Å²) in [5.74, 6) is 0.165. The van der Waals surface area contributed by atoms with Gasteiger partial charge in [0.1, 0.15) is 0 Å². The molecule has 31 heavy (non-hydrogen) atoms. The van der Waals surface area contributed by atoms with Crippen LogP contribution in [0.3, 0.4) is 0 Å². The first-order chi connectivity index (χ1) is 14.5. The topological polar surface area (TPSA) is 92.2 Å². The number of amides is 2. The molecule has 0 atom stereocenters. The van der Waals surface area contributed by atoms with Crippen molar-refractivity contribution in [3.05, 3.63) is 58.7 Å². The molecule has 2 aromatic carbocycles. The van der Waals surface area contributed by atoms with E-state index in [-0.39, 0.29) is 11.8 Å². The van der Waals surface area contributed by atoms with E-state index in [2.05, 4.69) is 10.0 Å². The summed E-state index contributed by atoms with van der Waals surface area (Å²) in [5.41, 5.74) is 3.58. The first-order valence-electron chi connectivity index (χ1n) is 9.97. The standard InChI is InChI=1S/C22H27ClN4O3S/c1-13(2)18-11-16(23)12-19(14(3)4)21(18)24-22(28)26-31(29,30)25-17-6-7-20-15(10-17)8-9-27(20)5/h6-14,25H,1-5H3,(H2,24,26,28). The lowest BCUT2D eigenvalue weighted by Gasteiger charge is -2.21. The van der Waals surface area contributed by atoms with E-state index in [1.807, 2.05) is 62.4 Å². The molecule has 0 saturated carbocycles. The molecule has 0 aliphatic carbocycles. The van der Waals surface area contributed by atoms with Crippen molar-refractivity contribution >= 4 is 50.1 Å². The van der Waals surface area contributed by atoms with Gasteiger partial charge in [0, 0.05) is 34.9 Å². The molecular weight excluding hydrogens is 436 g/mol. The third-order valence-corrected chi connectivity index (χ3v) is 6.19. The molecule has 0 saturated heterocycles. The van der Waals surface area contributed by atoms with Crippen molar-refractivity contribution in [3.8, 4) is 0 Å². The van der Waals surface area contributed by atoms with Gasteiger partial charge in [0.25, 0.3) is 0 Å². The molecule has 0 fully saturated rings. The van der Waals surface area contributed by atoms with Gasteiger partial charge >= 0.3 is 16.2 Å². The Labute approximate surface area is 188 Å². The molecule has 0 unspecified atom stereocenters. The highest BCUT2D eigenvalue weighted by Gasteiger charge is 2.20. The number of aryl methyl sites for hydroxylation is 1. The van der Waals surface area contributed by atoms with E-state index in [0.29, 0.717) is 16.4 Å². The number of carbonyl (C=O) groups is 1. The summed E-state index contributed by atoms with van der Waals surface area (Å²) in [5, 5.41) is 4.17. The molecular formula is C22H27ClN4O3S. The van der Waals surface area contributed by atoms with Crippen LogP contribution in [0.5, 0.6) is 0 Å². The molecule has 1 heterocycles. The average Bonchev–Trinajstić information content (AvgIpc) is 3.01. The first kappa shape index (κ1) is 23.0. The molecule has 0 aliphatic heterocycles. The fraction of sp³-hybridized carbons (Fsp3) is 0.318. The van der Waals surface area contributed by atoms with Gasteiger partial charge < -0.3 is 9.88 Å². The monoisotopic (exact) mass is 462 g/mol. The Morgan fingerprint density at radius 3 is 2.19 bits per heavy atom. The molecule has 0 bridgehead atoms. The van der Waals surface area contributed by atoms with E-state index in [9.17, 15) is 13.2 Å². The van der Waals surface area contributed by atoms with E-state index in [0.717, 1.165) is 22.0 Å². The van der Waals surface area contributed by atoms with Crippen LogP contribution in [-0.2, 0) is 17.3 Å². The maximum absolute atomic E-state index is 12.6. The Morgan fingerprint density at radius 2 is 1.61 bits per heavy atom. The molecule has 0 radical (unpaired) electrons. The number of hydrogen-bond donors (Lipinski definition) is 3. The van der Waals surface area contributed by atoms with E-state index in [4.69, 9.17) is 11.6 Å². The van der Waals surface area contributed by atoms with Crippen LogP contribution in [0.15, 0.2) is 42.6 Å². The quantitative estimate of drug-likeness (QED) is 0.448. The van der Waals surface area contributed by atoms with Gasteiger partial charge in [-0.2, -0.15) is 8.42 Å². The van der Waals surface area contributed by atoms with Gasteiger partial charge in [-0.25, -0.2) is 9.52 Å². The lowest BCUT2D eigenvalue weighted by Crippen LogP contribution is -2.38. The minimum atomic E-state index is -4.14. The molecule has 1 aromatic heterocycles. The molecule has 7 nitrogen and oxygen atoms in total. The van der Waals surface area contributed by atoms with E-state index >= 15 is 0 Å². The van der Waals surface area contributed by atoms with Gasteiger partial charge in [-0.05, 0) is 59.4 Å². The highest BCUT2D eigenvalue weighted by molar-refractivity contribution is 7.91. The number of hydrogen-bond acceptors (Lipinski definition) is 3. The number of fused-ring (bicyclic) bond motifs is 1. The number of aromatic nitrogens is 1. The van der Waals surface area contributed by atoms with E-state index in [1.54, 1.807) is 24.3 Å². The Kier molecular flexibility index (Phi) is 6.52. The van der Waals surface area contributed by atoms with Crippen LogP contribution < -0.4 is 14.8 Å². The van der Waals surface area contributed by atoms with Crippen molar-refractivity contribution in [1.82, 2.24) is 9.29 Å². The maximum Gasteiger partial charge on any atom is 0.334 e. The zero-order valence-corrected chi connectivity index (χ0v) is 19.7. The van der Waals surface area contributed by atoms with Crippen LogP contribution >= 0.6 is 11.6 Å². The van der Waals surface area contributed by atoms with Crippen molar-refractivity contribution in [2.45, 2.75) is 39.5 Å². The normalized spacial score (nSPS) is 11.9. The van der Waals surface area contributed by atoms with Gasteiger partial charge in [-0.1, -0.05) is 39.3 Å². The second kappa shape index (κ2) is 8.80. The van der Waals surface area contributed by atoms with E-state index in [1.165, 1.54) is 0 Å². The van der Waals surface area contributed by atoms with Crippen LogP contribution in [0.1, 0.15) is 50.7 Å². The Bertz CT molecular complexity index is 1200. The Morgan fingerprint density at radius 1 is 1.00 bits per heavy atom. The predicted molar refractivity (Wildman–Crippen MR) is 127 cm³/mol. The zero-order valence-electron chi connectivity index (χ0n) is 18.2. The van der Waals surface area contributed by atoms with Crippen molar-refractivity contribution in [3.63, 3.8) is 0 Å². The lowest BCUT2D eigenvalue weighted by atomic mass is 9.92. The molecule has 2 amide bonds. The third kappa shape index (κ3) is 5.32. The van der Waals surface area contributed by atoms with Crippen LogP contribution in [0, 0.1) is 0 Å². The van der Waals surface area contributed by atoms with Gasteiger partial charge in [0.05, 0.1) is 5.69 Å². The number of nitrogens with one attached hydrogen (secondary N) is 3. The second-order valence-corrected chi connectivity index (χ2v) is 9.98. The summed E-state index contributed by atoms with van der Waals surface area (Å²) in [7, 11) is -2.23. The zero-order chi connectivity index (χ0) is 22.9. The van der Waals surface area contributed by atoms with Crippen LogP contribution in [0.25, 0.3) is 10.9 Å². The lowest BCUT2D eigenvalue weighted by molar-refractivity contribution is 0.256. The average molecular weight is 463 g/mol. The maximum atomic E-state index is 12.6. The Balaban J connectivity index is 1.80. The molecule has 0 aliphatic rings. The summed E-state index contributed by atoms with van der Waals surface area (Å²) in [6.45, 7) is 7.93. The minimum absolute atomic E-state index is 0.0823. The summed E-state index contributed by atoms with van der Waals surface area (Å²) < 4.78 is 31.4. The SMILES string of the molecule is CC(C)c1cc(Cl)cc(C(C)C)c1NC(=O)NS(=O)(=O)Nc1ccc2c(ccn2C)c1. The number of nitrogens with zero attached hydrogens (tertiary/aromatic N) is 1. The van der Waals surface area contributed by atoms with Crippen LogP contribution in [-0.4, -0.2) is 19.0 Å². The van der Waals surface area contributed by atoms with E-state index < -0.39 is 16.2 Å². The van der Waals surface area contributed by atoms with Gasteiger partial charge in [0.15, 0.2) is 0 Å². The number of carbonyl (C=O) groups excluding carboxylic acids is 1. The number of rotatable bonds is 6. The Hall–Kier alpha value is -2.71. The fourth-order valence-corrected chi connectivity index (χ4v) is 4.51. The van der Waals surface area contributed by atoms with Crippen molar-refractivity contribution in [1.29, 1.82) is 0 Å². The summed E-state index contributed by atoms with van der Waals surface area (Å²) in [6, 6.07) is 9.77. The number of halogens is 1. The van der Waals surface area contributed by atoms with Crippen LogP contribution in [0.2, 0.25) is 5.02 Å².